The van der Waals surface area contributed by atoms with Crippen molar-refractivity contribution in [2.24, 2.45) is 5.92 Å². The van der Waals surface area contributed by atoms with Crippen molar-refractivity contribution >= 4 is 16.7 Å². The topological polar surface area (TPSA) is 41.1 Å². The monoisotopic (exact) mass is 242 g/mol. The van der Waals surface area contributed by atoms with E-state index in [2.05, 4.69) is 24.7 Å². The Hall–Kier alpha value is -1.87. The zero-order valence-corrected chi connectivity index (χ0v) is 10.7. The molecule has 3 nitrogen and oxygen atoms in total. The predicted octanol–water partition coefficient (Wildman–Crippen LogP) is 2.73. The van der Waals surface area contributed by atoms with Crippen LogP contribution in [0.2, 0.25) is 0 Å². The summed E-state index contributed by atoms with van der Waals surface area (Å²) in [4.78, 5) is 12.1. The molecule has 2 rings (SSSR count). The van der Waals surface area contributed by atoms with E-state index in [4.69, 9.17) is 0 Å². The summed E-state index contributed by atoms with van der Waals surface area (Å²) < 4.78 is 0. The summed E-state index contributed by atoms with van der Waals surface area (Å²) in [5.41, 5.74) is 6.38. The highest BCUT2D eigenvalue weighted by Crippen LogP contribution is 2.17. The number of rotatable bonds is 4. The van der Waals surface area contributed by atoms with Crippen molar-refractivity contribution in [1.29, 1.82) is 0 Å². The molecule has 0 unspecified atom stereocenters. The molecule has 0 atom stereocenters. The van der Waals surface area contributed by atoms with Crippen LogP contribution in [0.25, 0.3) is 10.8 Å². The van der Waals surface area contributed by atoms with Gasteiger partial charge in [0.25, 0.3) is 5.91 Å². The number of nitrogens with one attached hydrogen (secondary N) is 2. The van der Waals surface area contributed by atoms with E-state index in [1.807, 2.05) is 42.5 Å². The summed E-state index contributed by atoms with van der Waals surface area (Å²) in [6, 6.07) is 13.6. The highest BCUT2D eigenvalue weighted by Gasteiger charge is 2.08. The lowest BCUT2D eigenvalue weighted by Gasteiger charge is -2.10. The SMILES string of the molecule is CC(C)CNNC(=O)c1cccc2ccccc12. The van der Waals surface area contributed by atoms with Crippen LogP contribution in [0.15, 0.2) is 42.5 Å². The fourth-order valence-corrected chi connectivity index (χ4v) is 1.83. The van der Waals surface area contributed by atoms with Crippen LogP contribution in [-0.2, 0) is 0 Å². The largest absolute Gasteiger partial charge is 0.287 e. The Morgan fingerprint density at radius 1 is 1.11 bits per heavy atom. The van der Waals surface area contributed by atoms with Crippen LogP contribution in [0.4, 0.5) is 0 Å². The van der Waals surface area contributed by atoms with Crippen LogP contribution < -0.4 is 10.9 Å². The van der Waals surface area contributed by atoms with E-state index in [0.717, 1.165) is 17.3 Å². The minimum atomic E-state index is -0.0903. The van der Waals surface area contributed by atoms with Crippen LogP contribution in [0.5, 0.6) is 0 Å². The van der Waals surface area contributed by atoms with Gasteiger partial charge in [0, 0.05) is 12.1 Å². The van der Waals surface area contributed by atoms with E-state index in [0.29, 0.717) is 11.5 Å². The zero-order chi connectivity index (χ0) is 13.0. The van der Waals surface area contributed by atoms with Gasteiger partial charge in [0.05, 0.1) is 0 Å². The van der Waals surface area contributed by atoms with Crippen LogP contribution in [-0.4, -0.2) is 12.5 Å². The Bertz CT molecular complexity index is 544. The van der Waals surface area contributed by atoms with Crippen LogP contribution in [0, 0.1) is 5.92 Å². The summed E-state index contributed by atoms with van der Waals surface area (Å²) in [6.45, 7) is 4.95. The third-order valence-electron chi connectivity index (χ3n) is 2.75. The Balaban J connectivity index is 2.17. The number of carbonyl (C=O) groups excluding carboxylic acids is 1. The Kier molecular flexibility index (Phi) is 3.95. The molecule has 0 aliphatic heterocycles. The number of hydrazine groups is 1. The Morgan fingerprint density at radius 2 is 1.83 bits per heavy atom. The van der Waals surface area contributed by atoms with Gasteiger partial charge in [-0.3, -0.25) is 10.2 Å². The van der Waals surface area contributed by atoms with E-state index in [9.17, 15) is 4.79 Å². The van der Waals surface area contributed by atoms with Gasteiger partial charge < -0.3 is 0 Å². The van der Waals surface area contributed by atoms with E-state index < -0.39 is 0 Å². The second-order valence-corrected chi connectivity index (χ2v) is 4.76. The third-order valence-corrected chi connectivity index (χ3v) is 2.75. The van der Waals surface area contributed by atoms with Crippen LogP contribution >= 0.6 is 0 Å². The quantitative estimate of drug-likeness (QED) is 0.809. The summed E-state index contributed by atoms with van der Waals surface area (Å²) in [7, 11) is 0. The molecule has 0 fully saturated rings. The van der Waals surface area contributed by atoms with Gasteiger partial charge in [0.1, 0.15) is 0 Å². The fourth-order valence-electron chi connectivity index (χ4n) is 1.83. The minimum Gasteiger partial charge on any atom is -0.287 e. The van der Waals surface area contributed by atoms with Crippen molar-refractivity contribution < 1.29 is 4.79 Å². The number of hydrogen-bond donors (Lipinski definition) is 2. The molecule has 0 aromatic heterocycles. The molecule has 2 N–H and O–H groups in total. The van der Waals surface area contributed by atoms with Crippen molar-refractivity contribution in [3.63, 3.8) is 0 Å². The molecule has 0 spiro atoms. The van der Waals surface area contributed by atoms with Crippen molar-refractivity contribution in [2.75, 3.05) is 6.54 Å². The van der Waals surface area contributed by atoms with E-state index >= 15 is 0 Å². The maximum absolute atomic E-state index is 12.1. The molecular weight excluding hydrogens is 224 g/mol. The van der Waals surface area contributed by atoms with Crippen LogP contribution in [0.3, 0.4) is 0 Å². The first kappa shape index (κ1) is 12.6. The van der Waals surface area contributed by atoms with Crippen molar-refractivity contribution in [3.05, 3.63) is 48.0 Å². The first-order valence-corrected chi connectivity index (χ1v) is 6.19. The highest BCUT2D eigenvalue weighted by molar-refractivity contribution is 6.06. The molecule has 3 heteroatoms. The standard InChI is InChI=1S/C15H18N2O/c1-11(2)10-16-17-15(18)14-9-5-7-12-6-3-4-8-13(12)14/h3-9,11,16H,10H2,1-2H3,(H,17,18). The van der Waals surface area contributed by atoms with Crippen molar-refractivity contribution in [1.82, 2.24) is 10.9 Å². The molecule has 0 saturated heterocycles. The summed E-state index contributed by atoms with van der Waals surface area (Å²) in [6.07, 6.45) is 0. The maximum atomic E-state index is 12.1. The third kappa shape index (κ3) is 2.87. The summed E-state index contributed by atoms with van der Waals surface area (Å²) in [5, 5.41) is 2.05. The molecule has 18 heavy (non-hydrogen) atoms. The molecule has 0 bridgehead atoms. The van der Waals surface area contributed by atoms with Crippen molar-refractivity contribution in [2.45, 2.75) is 13.8 Å². The first-order chi connectivity index (χ1) is 8.68. The number of amides is 1. The van der Waals surface area contributed by atoms with E-state index in [1.165, 1.54) is 0 Å². The number of fused-ring (bicyclic) bond motifs is 1. The fraction of sp³-hybridized carbons (Fsp3) is 0.267. The highest BCUT2D eigenvalue weighted by atomic mass is 16.2. The maximum Gasteiger partial charge on any atom is 0.266 e. The molecule has 0 saturated carbocycles. The van der Waals surface area contributed by atoms with Gasteiger partial charge >= 0.3 is 0 Å². The van der Waals surface area contributed by atoms with Crippen molar-refractivity contribution in [3.8, 4) is 0 Å². The van der Waals surface area contributed by atoms with Gasteiger partial charge in [0.2, 0.25) is 0 Å². The lowest BCUT2D eigenvalue weighted by molar-refractivity contribution is 0.0933. The molecule has 0 aliphatic rings. The molecule has 94 valence electrons. The molecular formula is C15H18N2O. The Morgan fingerprint density at radius 3 is 2.61 bits per heavy atom. The second-order valence-electron chi connectivity index (χ2n) is 4.76. The predicted molar refractivity (Wildman–Crippen MR) is 74.3 cm³/mol. The number of benzene rings is 2. The number of carbonyl (C=O) groups is 1. The van der Waals surface area contributed by atoms with E-state index in [-0.39, 0.29) is 5.91 Å². The van der Waals surface area contributed by atoms with Gasteiger partial charge in [0.15, 0.2) is 0 Å². The lowest BCUT2D eigenvalue weighted by atomic mass is 10.0. The molecule has 0 aliphatic carbocycles. The number of hydrogen-bond acceptors (Lipinski definition) is 2. The smallest absolute Gasteiger partial charge is 0.266 e. The molecule has 1 amide bonds. The Labute approximate surface area is 107 Å². The van der Waals surface area contributed by atoms with Gasteiger partial charge in [-0.15, -0.1) is 0 Å². The van der Waals surface area contributed by atoms with Gasteiger partial charge in [-0.1, -0.05) is 50.2 Å². The average molecular weight is 242 g/mol. The lowest BCUT2D eigenvalue weighted by Crippen LogP contribution is -2.39. The minimum absolute atomic E-state index is 0.0903. The average Bonchev–Trinajstić information content (AvgIpc) is 2.37. The molecule has 0 radical (unpaired) electrons. The second kappa shape index (κ2) is 5.65. The normalized spacial score (nSPS) is 10.8. The summed E-state index contributed by atoms with van der Waals surface area (Å²) in [5.74, 6) is 0.408. The molecule has 2 aromatic carbocycles. The molecule has 0 heterocycles. The van der Waals surface area contributed by atoms with Gasteiger partial charge in [-0.25, -0.2) is 5.43 Å². The van der Waals surface area contributed by atoms with Gasteiger partial charge in [-0.2, -0.15) is 0 Å². The first-order valence-electron chi connectivity index (χ1n) is 6.19. The molecule has 2 aromatic rings. The van der Waals surface area contributed by atoms with E-state index in [1.54, 1.807) is 0 Å². The van der Waals surface area contributed by atoms with Crippen LogP contribution in [0.1, 0.15) is 24.2 Å². The van der Waals surface area contributed by atoms with Gasteiger partial charge in [-0.05, 0) is 22.8 Å². The summed E-state index contributed by atoms with van der Waals surface area (Å²) >= 11 is 0. The zero-order valence-electron chi connectivity index (χ0n) is 10.7.